The molecule has 0 saturated heterocycles. The van der Waals surface area contributed by atoms with Crippen molar-refractivity contribution in [1.29, 1.82) is 0 Å². The lowest BCUT2D eigenvalue weighted by Gasteiger charge is -2.24. The Morgan fingerprint density at radius 3 is 2.56 bits per heavy atom. The van der Waals surface area contributed by atoms with Gasteiger partial charge < -0.3 is 9.84 Å². The van der Waals surface area contributed by atoms with Gasteiger partial charge in [0.2, 0.25) is 5.75 Å². The van der Waals surface area contributed by atoms with Gasteiger partial charge in [-0.15, -0.1) is 0 Å². The maximum atomic E-state index is 13.5. The standard InChI is InChI=1S/C12H16FNO4/c1-3-12(15,4-2)8-18-11-9(13)6-5-7-10(11)14(16)17/h5-7,15H,3-4,8H2,1-2H3. The highest BCUT2D eigenvalue weighted by molar-refractivity contribution is 5.46. The molecule has 0 fully saturated rings. The summed E-state index contributed by atoms with van der Waals surface area (Å²) >= 11 is 0. The first-order valence-electron chi connectivity index (χ1n) is 5.71. The van der Waals surface area contributed by atoms with E-state index in [9.17, 15) is 19.6 Å². The summed E-state index contributed by atoms with van der Waals surface area (Å²) in [6.45, 7) is 3.35. The minimum Gasteiger partial charge on any atom is -0.482 e. The van der Waals surface area contributed by atoms with Gasteiger partial charge in [-0.3, -0.25) is 10.1 Å². The van der Waals surface area contributed by atoms with E-state index >= 15 is 0 Å². The lowest BCUT2D eigenvalue weighted by Crippen LogP contribution is -2.34. The zero-order valence-corrected chi connectivity index (χ0v) is 10.4. The summed E-state index contributed by atoms with van der Waals surface area (Å²) in [5.41, 5.74) is -1.54. The third-order valence-electron chi connectivity index (χ3n) is 2.94. The Balaban J connectivity index is 2.94. The number of nitro groups is 1. The summed E-state index contributed by atoms with van der Waals surface area (Å²) in [5.74, 6) is -1.23. The first-order chi connectivity index (χ1) is 8.43. The largest absolute Gasteiger partial charge is 0.482 e. The Labute approximate surface area is 104 Å². The van der Waals surface area contributed by atoms with Crippen molar-refractivity contribution in [3.05, 3.63) is 34.1 Å². The molecule has 1 N–H and O–H groups in total. The molecule has 5 nitrogen and oxygen atoms in total. The number of halogens is 1. The molecular weight excluding hydrogens is 241 g/mol. The molecule has 1 rings (SSSR count). The van der Waals surface area contributed by atoms with Gasteiger partial charge in [0.1, 0.15) is 6.61 Å². The van der Waals surface area contributed by atoms with Crippen molar-refractivity contribution in [2.45, 2.75) is 32.3 Å². The Morgan fingerprint density at radius 2 is 2.06 bits per heavy atom. The van der Waals surface area contributed by atoms with E-state index in [4.69, 9.17) is 4.74 Å². The minimum atomic E-state index is -1.10. The van der Waals surface area contributed by atoms with Crippen molar-refractivity contribution in [2.75, 3.05) is 6.61 Å². The first kappa shape index (κ1) is 14.4. The van der Waals surface area contributed by atoms with Crippen LogP contribution in [0.3, 0.4) is 0 Å². The fourth-order valence-corrected chi connectivity index (χ4v) is 1.44. The second-order valence-corrected chi connectivity index (χ2v) is 4.07. The van der Waals surface area contributed by atoms with Crippen LogP contribution in [0, 0.1) is 15.9 Å². The number of ether oxygens (including phenoxy) is 1. The molecule has 0 aromatic heterocycles. The van der Waals surface area contributed by atoms with E-state index in [2.05, 4.69) is 0 Å². The van der Waals surface area contributed by atoms with Gasteiger partial charge in [-0.2, -0.15) is 0 Å². The van der Waals surface area contributed by atoms with Crippen molar-refractivity contribution >= 4 is 5.69 Å². The predicted octanol–water partition coefficient (Wildman–Crippen LogP) is 2.66. The molecule has 0 bridgehead atoms. The molecule has 0 aliphatic heterocycles. The Morgan fingerprint density at radius 1 is 1.44 bits per heavy atom. The second-order valence-electron chi connectivity index (χ2n) is 4.07. The van der Waals surface area contributed by atoms with Crippen LogP contribution in [0.25, 0.3) is 0 Å². The van der Waals surface area contributed by atoms with E-state index < -0.39 is 27.8 Å². The molecule has 0 saturated carbocycles. The highest BCUT2D eigenvalue weighted by Gasteiger charge is 2.26. The van der Waals surface area contributed by atoms with Crippen molar-refractivity contribution in [2.24, 2.45) is 0 Å². The summed E-state index contributed by atoms with van der Waals surface area (Å²) in [6, 6.07) is 3.49. The average molecular weight is 257 g/mol. The van der Waals surface area contributed by atoms with E-state index in [-0.39, 0.29) is 6.61 Å². The van der Waals surface area contributed by atoms with E-state index in [1.807, 2.05) is 0 Å². The SMILES string of the molecule is CCC(O)(CC)COc1c(F)cccc1[N+](=O)[O-]. The predicted molar refractivity (Wildman–Crippen MR) is 64.1 cm³/mol. The van der Waals surface area contributed by atoms with Gasteiger partial charge >= 0.3 is 5.69 Å². The van der Waals surface area contributed by atoms with Gasteiger partial charge in [0.05, 0.1) is 10.5 Å². The molecule has 0 spiro atoms. The number of nitro benzene ring substituents is 1. The summed E-state index contributed by atoms with van der Waals surface area (Å²) < 4.78 is 18.6. The van der Waals surface area contributed by atoms with E-state index in [1.54, 1.807) is 13.8 Å². The van der Waals surface area contributed by atoms with Gasteiger partial charge in [0.25, 0.3) is 0 Å². The van der Waals surface area contributed by atoms with Crippen LogP contribution in [-0.4, -0.2) is 22.2 Å². The van der Waals surface area contributed by atoms with Crippen LogP contribution in [0.4, 0.5) is 10.1 Å². The summed E-state index contributed by atoms with van der Waals surface area (Å²) in [5, 5.41) is 20.7. The fraction of sp³-hybridized carbons (Fsp3) is 0.500. The highest BCUT2D eigenvalue weighted by Crippen LogP contribution is 2.30. The van der Waals surface area contributed by atoms with Crippen LogP contribution in [0.5, 0.6) is 5.75 Å². The Bertz CT molecular complexity index is 432. The molecule has 0 aliphatic rings. The topological polar surface area (TPSA) is 72.6 Å². The lowest BCUT2D eigenvalue weighted by atomic mass is 9.99. The first-order valence-corrected chi connectivity index (χ1v) is 5.71. The van der Waals surface area contributed by atoms with Crippen LogP contribution in [-0.2, 0) is 0 Å². The monoisotopic (exact) mass is 257 g/mol. The van der Waals surface area contributed by atoms with Gasteiger partial charge in [-0.05, 0) is 18.9 Å². The van der Waals surface area contributed by atoms with Crippen molar-refractivity contribution < 1.29 is 19.2 Å². The second kappa shape index (κ2) is 5.77. The normalized spacial score (nSPS) is 11.3. The Kier molecular flexibility index (Phi) is 4.61. The molecule has 0 aliphatic carbocycles. The number of hydrogen-bond donors (Lipinski definition) is 1. The Hall–Kier alpha value is -1.69. The summed E-state index contributed by atoms with van der Waals surface area (Å²) in [6.07, 6.45) is 0.845. The van der Waals surface area contributed by atoms with Crippen LogP contribution >= 0.6 is 0 Å². The quantitative estimate of drug-likeness (QED) is 0.628. The average Bonchev–Trinajstić information content (AvgIpc) is 2.36. The van der Waals surface area contributed by atoms with Gasteiger partial charge in [-0.1, -0.05) is 19.9 Å². The number of aliphatic hydroxyl groups is 1. The van der Waals surface area contributed by atoms with Gasteiger partial charge in [0.15, 0.2) is 5.82 Å². The van der Waals surface area contributed by atoms with Crippen molar-refractivity contribution in [3.8, 4) is 5.75 Å². The number of para-hydroxylation sites is 1. The molecule has 6 heteroatoms. The molecular formula is C12H16FNO4. The zero-order valence-electron chi connectivity index (χ0n) is 10.4. The third kappa shape index (κ3) is 3.16. The van der Waals surface area contributed by atoms with Crippen LogP contribution in [0.2, 0.25) is 0 Å². The number of nitrogens with zero attached hydrogens (tertiary/aromatic N) is 1. The number of benzene rings is 1. The molecule has 1 aromatic carbocycles. The maximum absolute atomic E-state index is 13.5. The number of hydrogen-bond acceptors (Lipinski definition) is 4. The smallest absolute Gasteiger partial charge is 0.314 e. The van der Waals surface area contributed by atoms with Crippen molar-refractivity contribution in [1.82, 2.24) is 0 Å². The van der Waals surface area contributed by atoms with Gasteiger partial charge in [0, 0.05) is 6.07 Å². The zero-order chi connectivity index (χ0) is 13.8. The number of rotatable bonds is 6. The van der Waals surface area contributed by atoms with Crippen LogP contribution in [0.15, 0.2) is 18.2 Å². The van der Waals surface area contributed by atoms with E-state index in [1.165, 1.54) is 6.07 Å². The molecule has 0 radical (unpaired) electrons. The molecule has 1 aromatic rings. The third-order valence-corrected chi connectivity index (χ3v) is 2.94. The van der Waals surface area contributed by atoms with E-state index in [0.29, 0.717) is 12.8 Å². The maximum Gasteiger partial charge on any atom is 0.314 e. The van der Waals surface area contributed by atoms with Crippen LogP contribution < -0.4 is 4.74 Å². The molecule has 0 heterocycles. The lowest BCUT2D eigenvalue weighted by molar-refractivity contribution is -0.386. The molecule has 100 valence electrons. The molecule has 0 atom stereocenters. The summed E-state index contributed by atoms with van der Waals surface area (Å²) in [4.78, 5) is 10.0. The molecule has 0 amide bonds. The van der Waals surface area contributed by atoms with Crippen LogP contribution in [0.1, 0.15) is 26.7 Å². The summed E-state index contributed by atoms with van der Waals surface area (Å²) in [7, 11) is 0. The highest BCUT2D eigenvalue weighted by atomic mass is 19.1. The van der Waals surface area contributed by atoms with Crippen molar-refractivity contribution in [3.63, 3.8) is 0 Å². The van der Waals surface area contributed by atoms with Gasteiger partial charge in [-0.25, -0.2) is 4.39 Å². The molecule has 18 heavy (non-hydrogen) atoms. The minimum absolute atomic E-state index is 0.179. The molecule has 0 unspecified atom stereocenters. The fourth-order valence-electron chi connectivity index (χ4n) is 1.44. The van der Waals surface area contributed by atoms with E-state index in [0.717, 1.165) is 12.1 Å².